The van der Waals surface area contributed by atoms with E-state index < -0.39 is 0 Å². The van der Waals surface area contributed by atoms with Crippen molar-refractivity contribution in [1.82, 2.24) is 15.1 Å². The molecule has 2 unspecified atom stereocenters. The van der Waals surface area contributed by atoms with Crippen LogP contribution in [0.25, 0.3) is 10.9 Å². The number of hydrogen-bond donors (Lipinski definition) is 2. The van der Waals surface area contributed by atoms with Crippen molar-refractivity contribution in [3.05, 3.63) is 24.4 Å². The molecule has 0 bridgehead atoms. The fraction of sp³-hybridized carbons (Fsp3) is 0.500. The number of aromatic nitrogens is 2. The topological polar surface area (TPSA) is 44.0 Å². The van der Waals surface area contributed by atoms with Crippen molar-refractivity contribution in [2.24, 2.45) is 0 Å². The predicted molar refractivity (Wildman–Crippen MR) is 74.8 cm³/mol. The molecule has 1 fully saturated rings. The van der Waals surface area contributed by atoms with Gasteiger partial charge in [-0.05, 0) is 45.0 Å². The Morgan fingerprint density at radius 1 is 1.44 bits per heavy atom. The molecule has 0 spiro atoms. The summed E-state index contributed by atoms with van der Waals surface area (Å²) in [6.07, 6.45) is 4.29. The lowest BCUT2D eigenvalue weighted by Crippen LogP contribution is -2.42. The SMILES string of the molecule is CC1CC(Nc2ccc3[nH]ncc3c2)CCN1C. The van der Waals surface area contributed by atoms with Gasteiger partial charge >= 0.3 is 0 Å². The van der Waals surface area contributed by atoms with Gasteiger partial charge in [0.05, 0.1) is 11.7 Å². The number of hydrogen-bond acceptors (Lipinski definition) is 3. The van der Waals surface area contributed by atoms with Crippen LogP contribution in [0.15, 0.2) is 24.4 Å². The molecule has 4 heteroatoms. The molecule has 96 valence electrons. The Bertz CT molecular complexity index is 533. The molecular weight excluding hydrogens is 224 g/mol. The Morgan fingerprint density at radius 3 is 3.17 bits per heavy atom. The molecule has 3 rings (SSSR count). The van der Waals surface area contributed by atoms with E-state index in [-0.39, 0.29) is 0 Å². The molecule has 4 nitrogen and oxygen atoms in total. The van der Waals surface area contributed by atoms with Gasteiger partial charge in [-0.3, -0.25) is 5.10 Å². The fourth-order valence-corrected chi connectivity index (χ4v) is 2.69. The summed E-state index contributed by atoms with van der Waals surface area (Å²) in [5, 5.41) is 11.8. The van der Waals surface area contributed by atoms with Crippen LogP contribution in [0, 0.1) is 0 Å². The van der Waals surface area contributed by atoms with Crippen molar-refractivity contribution in [3.63, 3.8) is 0 Å². The number of aromatic amines is 1. The van der Waals surface area contributed by atoms with Crippen LogP contribution in [0.4, 0.5) is 5.69 Å². The van der Waals surface area contributed by atoms with Crippen molar-refractivity contribution in [1.29, 1.82) is 0 Å². The highest BCUT2D eigenvalue weighted by Gasteiger charge is 2.22. The fourth-order valence-electron chi connectivity index (χ4n) is 2.69. The number of fused-ring (bicyclic) bond motifs is 1. The average molecular weight is 244 g/mol. The second-order valence-corrected chi connectivity index (χ2v) is 5.37. The van der Waals surface area contributed by atoms with Crippen LogP contribution in [0.1, 0.15) is 19.8 Å². The normalized spacial score (nSPS) is 25.4. The molecular formula is C14H20N4. The predicted octanol–water partition coefficient (Wildman–Crippen LogP) is 2.46. The molecule has 18 heavy (non-hydrogen) atoms. The molecule has 1 aromatic heterocycles. The molecule has 1 saturated heterocycles. The van der Waals surface area contributed by atoms with Crippen LogP contribution in [0.3, 0.4) is 0 Å². The summed E-state index contributed by atoms with van der Waals surface area (Å²) in [6, 6.07) is 7.63. The molecule has 2 atom stereocenters. The van der Waals surface area contributed by atoms with Gasteiger partial charge in [-0.1, -0.05) is 0 Å². The van der Waals surface area contributed by atoms with Crippen LogP contribution < -0.4 is 5.32 Å². The maximum Gasteiger partial charge on any atom is 0.0651 e. The molecule has 2 N–H and O–H groups in total. The van der Waals surface area contributed by atoms with E-state index in [0.717, 1.165) is 5.52 Å². The summed E-state index contributed by atoms with van der Waals surface area (Å²) in [6.45, 7) is 3.47. The maximum atomic E-state index is 4.05. The Labute approximate surface area is 107 Å². The van der Waals surface area contributed by atoms with E-state index >= 15 is 0 Å². The molecule has 0 radical (unpaired) electrons. The molecule has 2 aromatic rings. The lowest BCUT2D eigenvalue weighted by molar-refractivity contribution is 0.190. The van der Waals surface area contributed by atoms with E-state index in [2.05, 4.69) is 52.6 Å². The third kappa shape index (κ3) is 2.20. The third-order valence-electron chi connectivity index (χ3n) is 4.02. The lowest BCUT2D eigenvalue weighted by atomic mass is 9.98. The maximum absolute atomic E-state index is 4.05. The summed E-state index contributed by atoms with van der Waals surface area (Å²) >= 11 is 0. The summed E-state index contributed by atoms with van der Waals surface area (Å²) < 4.78 is 0. The highest BCUT2D eigenvalue weighted by atomic mass is 15.1. The first-order valence-corrected chi connectivity index (χ1v) is 6.62. The Kier molecular flexibility index (Phi) is 2.96. The molecule has 0 aliphatic carbocycles. The van der Waals surface area contributed by atoms with Crippen LogP contribution >= 0.6 is 0 Å². The van der Waals surface area contributed by atoms with Gasteiger partial charge < -0.3 is 10.2 Å². The van der Waals surface area contributed by atoms with Gasteiger partial charge in [0.15, 0.2) is 0 Å². The minimum absolute atomic E-state index is 0.584. The van der Waals surface area contributed by atoms with E-state index in [0.29, 0.717) is 12.1 Å². The van der Waals surface area contributed by atoms with Gasteiger partial charge in [0, 0.05) is 29.7 Å². The summed E-state index contributed by atoms with van der Waals surface area (Å²) in [5.74, 6) is 0. The molecule has 1 aromatic carbocycles. The highest BCUT2D eigenvalue weighted by molar-refractivity contribution is 5.81. The number of benzene rings is 1. The van der Waals surface area contributed by atoms with Gasteiger partial charge in [-0.2, -0.15) is 5.10 Å². The van der Waals surface area contributed by atoms with Crippen molar-refractivity contribution in [2.45, 2.75) is 31.8 Å². The van der Waals surface area contributed by atoms with Gasteiger partial charge in [0.2, 0.25) is 0 Å². The Morgan fingerprint density at radius 2 is 2.33 bits per heavy atom. The zero-order valence-electron chi connectivity index (χ0n) is 11.0. The van der Waals surface area contributed by atoms with Gasteiger partial charge in [0.1, 0.15) is 0 Å². The number of likely N-dealkylation sites (tertiary alicyclic amines) is 1. The number of nitrogens with zero attached hydrogens (tertiary/aromatic N) is 2. The van der Waals surface area contributed by atoms with Crippen LogP contribution in [-0.4, -0.2) is 40.8 Å². The van der Waals surface area contributed by atoms with Crippen molar-refractivity contribution >= 4 is 16.6 Å². The standard InChI is InChI=1S/C14H20N4/c1-10-7-13(5-6-18(10)2)16-12-3-4-14-11(8-12)9-15-17-14/h3-4,8-10,13,16H,5-7H2,1-2H3,(H,15,17). The number of rotatable bonds is 2. The number of nitrogens with one attached hydrogen (secondary N) is 2. The monoisotopic (exact) mass is 244 g/mol. The first-order valence-electron chi connectivity index (χ1n) is 6.62. The van der Waals surface area contributed by atoms with E-state index in [1.165, 1.54) is 30.5 Å². The second kappa shape index (κ2) is 4.61. The van der Waals surface area contributed by atoms with Crippen LogP contribution in [-0.2, 0) is 0 Å². The number of H-pyrrole nitrogens is 1. The van der Waals surface area contributed by atoms with Gasteiger partial charge in [0.25, 0.3) is 0 Å². The summed E-state index contributed by atoms with van der Waals surface area (Å²) in [7, 11) is 2.21. The minimum atomic E-state index is 0.584. The second-order valence-electron chi connectivity index (χ2n) is 5.37. The van der Waals surface area contributed by atoms with Crippen molar-refractivity contribution < 1.29 is 0 Å². The van der Waals surface area contributed by atoms with E-state index in [4.69, 9.17) is 0 Å². The Balaban J connectivity index is 1.72. The minimum Gasteiger partial charge on any atom is -0.382 e. The van der Waals surface area contributed by atoms with Crippen molar-refractivity contribution in [2.75, 3.05) is 18.9 Å². The molecule has 2 heterocycles. The quantitative estimate of drug-likeness (QED) is 0.853. The first kappa shape index (κ1) is 11.5. The summed E-state index contributed by atoms with van der Waals surface area (Å²) in [4.78, 5) is 2.43. The van der Waals surface area contributed by atoms with Gasteiger partial charge in [-0.25, -0.2) is 0 Å². The van der Waals surface area contributed by atoms with Crippen LogP contribution in [0.2, 0.25) is 0 Å². The smallest absolute Gasteiger partial charge is 0.0651 e. The zero-order chi connectivity index (χ0) is 12.5. The molecule has 0 saturated carbocycles. The summed E-state index contributed by atoms with van der Waals surface area (Å²) in [5.41, 5.74) is 2.29. The van der Waals surface area contributed by atoms with Crippen LogP contribution in [0.5, 0.6) is 0 Å². The number of anilines is 1. The molecule has 0 amide bonds. The zero-order valence-corrected chi connectivity index (χ0v) is 11.0. The van der Waals surface area contributed by atoms with E-state index in [1.54, 1.807) is 0 Å². The molecule has 1 aliphatic heterocycles. The van der Waals surface area contributed by atoms with E-state index in [1.807, 2.05) is 6.20 Å². The van der Waals surface area contributed by atoms with Gasteiger partial charge in [-0.15, -0.1) is 0 Å². The van der Waals surface area contributed by atoms with E-state index in [9.17, 15) is 0 Å². The molecule has 1 aliphatic rings. The van der Waals surface area contributed by atoms with Crippen molar-refractivity contribution in [3.8, 4) is 0 Å². The Hall–Kier alpha value is -1.55. The third-order valence-corrected chi connectivity index (χ3v) is 4.02. The average Bonchev–Trinajstić information content (AvgIpc) is 2.81. The largest absolute Gasteiger partial charge is 0.382 e. The lowest BCUT2D eigenvalue weighted by Gasteiger charge is -2.35. The highest BCUT2D eigenvalue weighted by Crippen LogP contribution is 2.22. The number of piperidine rings is 1. The first-order chi connectivity index (χ1) is 8.72.